The molecule has 2 aromatic rings. The molecule has 0 radical (unpaired) electrons. The van der Waals surface area contributed by atoms with Gasteiger partial charge >= 0.3 is 0 Å². The van der Waals surface area contributed by atoms with Gasteiger partial charge in [-0.1, -0.05) is 48.9 Å². The zero-order chi connectivity index (χ0) is 17.3. The van der Waals surface area contributed by atoms with E-state index in [2.05, 4.69) is 12.2 Å². The van der Waals surface area contributed by atoms with Crippen molar-refractivity contribution in [3.05, 3.63) is 70.9 Å². The summed E-state index contributed by atoms with van der Waals surface area (Å²) < 4.78 is 0. The number of anilines is 1. The number of benzene rings is 2. The average Bonchev–Trinajstić information content (AvgIpc) is 2.81. The molecule has 1 heterocycles. The second-order valence-electron chi connectivity index (χ2n) is 5.96. The predicted molar refractivity (Wildman–Crippen MR) is 95.3 cm³/mol. The van der Waals surface area contributed by atoms with Gasteiger partial charge in [0, 0.05) is 12.7 Å². The van der Waals surface area contributed by atoms with E-state index < -0.39 is 0 Å². The number of nitrogens with zero attached hydrogens (tertiary/aromatic N) is 1. The first-order chi connectivity index (χ1) is 11.5. The second kappa shape index (κ2) is 6.32. The van der Waals surface area contributed by atoms with Gasteiger partial charge in [0.1, 0.15) is 5.70 Å². The Kier molecular flexibility index (Phi) is 4.21. The van der Waals surface area contributed by atoms with E-state index in [1.165, 1.54) is 12.6 Å². The number of likely N-dealkylation sites (N-methyl/N-ethyl adjacent to an activating group) is 1. The molecule has 4 nitrogen and oxygen atoms in total. The molecule has 3 rings (SSSR count). The van der Waals surface area contributed by atoms with Gasteiger partial charge in [0.2, 0.25) is 0 Å². The number of imide groups is 1. The summed E-state index contributed by atoms with van der Waals surface area (Å²) in [5, 5.41) is 3.13. The van der Waals surface area contributed by atoms with Crippen molar-refractivity contribution < 1.29 is 9.59 Å². The van der Waals surface area contributed by atoms with E-state index in [0.717, 1.165) is 28.1 Å². The van der Waals surface area contributed by atoms with Crippen LogP contribution in [-0.4, -0.2) is 23.8 Å². The fourth-order valence-corrected chi connectivity index (χ4v) is 2.71. The van der Waals surface area contributed by atoms with Crippen LogP contribution in [-0.2, 0) is 16.0 Å². The van der Waals surface area contributed by atoms with Crippen LogP contribution in [0.5, 0.6) is 0 Å². The molecule has 2 aromatic carbocycles. The van der Waals surface area contributed by atoms with Gasteiger partial charge in [0.05, 0.1) is 5.57 Å². The number of aryl methyl sites for hydroxylation is 2. The van der Waals surface area contributed by atoms with E-state index in [1.54, 1.807) is 0 Å². The van der Waals surface area contributed by atoms with Gasteiger partial charge in [-0.2, -0.15) is 0 Å². The van der Waals surface area contributed by atoms with Gasteiger partial charge in [0.15, 0.2) is 0 Å². The topological polar surface area (TPSA) is 49.4 Å². The Morgan fingerprint density at radius 1 is 0.917 bits per heavy atom. The van der Waals surface area contributed by atoms with E-state index in [9.17, 15) is 9.59 Å². The molecule has 1 aliphatic heterocycles. The first-order valence-electron chi connectivity index (χ1n) is 8.01. The minimum absolute atomic E-state index is 0.281. The molecule has 1 N–H and O–H groups in total. The molecule has 0 unspecified atom stereocenters. The Hall–Kier alpha value is -2.88. The maximum atomic E-state index is 12.5. The van der Waals surface area contributed by atoms with Gasteiger partial charge in [-0.3, -0.25) is 14.5 Å². The van der Waals surface area contributed by atoms with Gasteiger partial charge in [-0.05, 0) is 36.6 Å². The molecule has 0 atom stereocenters. The minimum atomic E-state index is -0.310. The molecule has 0 saturated carbocycles. The largest absolute Gasteiger partial charge is 0.350 e. The van der Waals surface area contributed by atoms with E-state index >= 15 is 0 Å². The fraction of sp³-hybridized carbons (Fsp3) is 0.200. The molecular formula is C20H20N2O2. The fourth-order valence-electron chi connectivity index (χ4n) is 2.71. The number of carbonyl (C=O) groups is 2. The molecule has 0 saturated heterocycles. The molecule has 0 fully saturated rings. The molecule has 4 heteroatoms. The predicted octanol–water partition coefficient (Wildman–Crippen LogP) is 3.38. The minimum Gasteiger partial charge on any atom is -0.350 e. The van der Waals surface area contributed by atoms with E-state index in [-0.39, 0.29) is 11.8 Å². The van der Waals surface area contributed by atoms with E-state index in [4.69, 9.17) is 0 Å². The van der Waals surface area contributed by atoms with Crippen molar-refractivity contribution in [1.82, 2.24) is 4.90 Å². The van der Waals surface area contributed by atoms with Crippen molar-refractivity contribution in [2.75, 3.05) is 12.4 Å². The molecule has 122 valence electrons. The Bertz CT molecular complexity index is 818. The van der Waals surface area contributed by atoms with Crippen molar-refractivity contribution in [3.63, 3.8) is 0 Å². The zero-order valence-corrected chi connectivity index (χ0v) is 14.1. The lowest BCUT2D eigenvalue weighted by molar-refractivity contribution is -0.135. The standard InChI is InChI=1S/C20H20N2O2/c1-4-14-7-11-16(12-8-14)21-18-17(19(23)22(3)20(18)24)15-9-5-13(2)6-10-15/h5-12,21H,4H2,1-3H3. The number of nitrogens with one attached hydrogen (secondary N) is 1. The summed E-state index contributed by atoms with van der Waals surface area (Å²) in [6.45, 7) is 4.08. The molecule has 0 aliphatic carbocycles. The molecule has 0 spiro atoms. The van der Waals surface area contributed by atoms with Crippen molar-refractivity contribution in [2.24, 2.45) is 0 Å². The van der Waals surface area contributed by atoms with Crippen LogP contribution in [0.2, 0.25) is 0 Å². The highest BCUT2D eigenvalue weighted by Crippen LogP contribution is 2.29. The average molecular weight is 320 g/mol. The van der Waals surface area contributed by atoms with Gasteiger partial charge < -0.3 is 5.32 Å². The number of rotatable bonds is 4. The van der Waals surface area contributed by atoms with Crippen molar-refractivity contribution in [1.29, 1.82) is 0 Å². The summed E-state index contributed by atoms with van der Waals surface area (Å²) in [4.78, 5) is 26.1. The number of carbonyl (C=O) groups excluding carboxylic acids is 2. The van der Waals surface area contributed by atoms with Crippen molar-refractivity contribution in [2.45, 2.75) is 20.3 Å². The molecule has 24 heavy (non-hydrogen) atoms. The van der Waals surface area contributed by atoms with E-state index in [1.807, 2.05) is 55.5 Å². The third-order valence-electron chi connectivity index (χ3n) is 4.26. The van der Waals surface area contributed by atoms with Gasteiger partial charge in [0.25, 0.3) is 11.8 Å². The Labute approximate surface area is 141 Å². The van der Waals surface area contributed by atoms with Gasteiger partial charge in [-0.15, -0.1) is 0 Å². The monoisotopic (exact) mass is 320 g/mol. The van der Waals surface area contributed by atoms with Crippen molar-refractivity contribution >= 4 is 23.1 Å². The Balaban J connectivity index is 2.02. The van der Waals surface area contributed by atoms with Crippen LogP contribution in [0.15, 0.2) is 54.2 Å². The summed E-state index contributed by atoms with van der Waals surface area (Å²) >= 11 is 0. The first kappa shape index (κ1) is 16.0. The van der Waals surface area contributed by atoms with Crippen LogP contribution in [0.4, 0.5) is 5.69 Å². The van der Waals surface area contributed by atoms with E-state index in [0.29, 0.717) is 11.3 Å². The second-order valence-corrected chi connectivity index (χ2v) is 5.96. The molecule has 0 bridgehead atoms. The number of hydrogen-bond donors (Lipinski definition) is 1. The SMILES string of the molecule is CCc1ccc(NC2=C(c3ccc(C)cc3)C(=O)N(C)C2=O)cc1. The number of amides is 2. The quantitative estimate of drug-likeness (QED) is 0.879. The smallest absolute Gasteiger partial charge is 0.277 e. The highest BCUT2D eigenvalue weighted by atomic mass is 16.2. The summed E-state index contributed by atoms with van der Waals surface area (Å²) in [6, 6.07) is 15.5. The summed E-state index contributed by atoms with van der Waals surface area (Å²) in [6.07, 6.45) is 0.956. The first-order valence-corrected chi connectivity index (χ1v) is 8.01. The lowest BCUT2D eigenvalue weighted by atomic mass is 10.0. The summed E-state index contributed by atoms with van der Waals surface area (Å²) in [5.41, 5.74) is 4.62. The Morgan fingerprint density at radius 3 is 2.12 bits per heavy atom. The van der Waals surface area contributed by atoms with Crippen LogP contribution in [0, 0.1) is 6.92 Å². The summed E-state index contributed by atoms with van der Waals surface area (Å²) in [7, 11) is 1.51. The van der Waals surface area contributed by atoms with Crippen LogP contribution >= 0.6 is 0 Å². The highest BCUT2D eigenvalue weighted by molar-refractivity contribution is 6.36. The maximum Gasteiger partial charge on any atom is 0.277 e. The van der Waals surface area contributed by atoms with Crippen LogP contribution in [0.1, 0.15) is 23.6 Å². The normalized spacial score (nSPS) is 14.5. The lowest BCUT2D eigenvalue weighted by Gasteiger charge is -2.09. The highest BCUT2D eigenvalue weighted by Gasteiger charge is 2.36. The van der Waals surface area contributed by atoms with Crippen molar-refractivity contribution in [3.8, 4) is 0 Å². The van der Waals surface area contributed by atoms with Crippen LogP contribution in [0.3, 0.4) is 0 Å². The summed E-state index contributed by atoms with van der Waals surface area (Å²) in [5.74, 6) is -0.591. The van der Waals surface area contributed by atoms with Crippen LogP contribution in [0.25, 0.3) is 5.57 Å². The van der Waals surface area contributed by atoms with Gasteiger partial charge in [-0.25, -0.2) is 0 Å². The third-order valence-corrected chi connectivity index (χ3v) is 4.26. The zero-order valence-electron chi connectivity index (χ0n) is 14.1. The third kappa shape index (κ3) is 2.83. The molecule has 1 aliphatic rings. The lowest BCUT2D eigenvalue weighted by Crippen LogP contribution is -2.27. The number of hydrogen-bond acceptors (Lipinski definition) is 3. The maximum absolute atomic E-state index is 12.5. The molecule has 2 amide bonds. The van der Waals surface area contributed by atoms with Crippen LogP contribution < -0.4 is 5.32 Å². The molecule has 0 aromatic heterocycles. The Morgan fingerprint density at radius 2 is 1.54 bits per heavy atom. The molecular weight excluding hydrogens is 300 g/mol.